The molecule has 1 aliphatic rings. The van der Waals surface area contributed by atoms with Gasteiger partial charge >= 0.3 is 0 Å². The minimum atomic E-state index is 0.786. The van der Waals surface area contributed by atoms with Crippen LogP contribution in [0.5, 0.6) is 5.75 Å². The van der Waals surface area contributed by atoms with Gasteiger partial charge in [0.15, 0.2) is 0 Å². The summed E-state index contributed by atoms with van der Waals surface area (Å²) in [6, 6.07) is 5.87. The van der Waals surface area contributed by atoms with E-state index in [1.54, 1.807) is 7.11 Å². The van der Waals surface area contributed by atoms with E-state index in [1.807, 2.05) is 18.2 Å². The van der Waals surface area contributed by atoms with Crippen LogP contribution < -0.4 is 4.74 Å². The van der Waals surface area contributed by atoms with Gasteiger partial charge in [-0.2, -0.15) is 0 Å². The number of fused-ring (bicyclic) bond motifs is 1. The zero-order valence-electron chi connectivity index (χ0n) is 8.16. The molecule has 0 bridgehead atoms. The van der Waals surface area contributed by atoms with Crippen molar-refractivity contribution in [3.05, 3.63) is 29.3 Å². The highest BCUT2D eigenvalue weighted by molar-refractivity contribution is 6.02. The molecule has 3 nitrogen and oxygen atoms in total. The number of hydrogen-bond acceptors (Lipinski definition) is 3. The minimum absolute atomic E-state index is 0.786. The highest BCUT2D eigenvalue weighted by Gasteiger charge is 2.16. The standard InChI is InChI=1S/C11H13NO2/c1-14-9-5-6-10-8(7-9)3-2-4-11(10)12-13/h5-7,13H,2-4H2,1H3/b12-11-. The summed E-state index contributed by atoms with van der Waals surface area (Å²) < 4.78 is 5.15. The Morgan fingerprint density at radius 1 is 1.36 bits per heavy atom. The first-order valence-electron chi connectivity index (χ1n) is 4.73. The molecule has 0 aliphatic heterocycles. The molecule has 14 heavy (non-hydrogen) atoms. The number of hydrogen-bond donors (Lipinski definition) is 1. The molecule has 74 valence electrons. The average Bonchev–Trinajstić information content (AvgIpc) is 2.27. The van der Waals surface area contributed by atoms with Crippen LogP contribution >= 0.6 is 0 Å². The second kappa shape index (κ2) is 3.70. The van der Waals surface area contributed by atoms with E-state index < -0.39 is 0 Å². The average molecular weight is 191 g/mol. The van der Waals surface area contributed by atoms with Crippen molar-refractivity contribution in [3.8, 4) is 5.75 Å². The molecule has 0 saturated carbocycles. The molecule has 0 aromatic heterocycles. The molecule has 0 atom stereocenters. The molecule has 1 aromatic carbocycles. The fourth-order valence-corrected chi connectivity index (χ4v) is 1.87. The molecule has 3 heteroatoms. The fraction of sp³-hybridized carbons (Fsp3) is 0.364. The van der Waals surface area contributed by atoms with E-state index in [0.717, 1.165) is 36.3 Å². The molecule has 0 heterocycles. The smallest absolute Gasteiger partial charge is 0.119 e. The van der Waals surface area contributed by atoms with Crippen LogP contribution in [0.2, 0.25) is 0 Å². The van der Waals surface area contributed by atoms with Crippen molar-refractivity contribution in [2.45, 2.75) is 19.3 Å². The van der Waals surface area contributed by atoms with Gasteiger partial charge in [0.2, 0.25) is 0 Å². The highest BCUT2D eigenvalue weighted by Crippen LogP contribution is 2.25. The highest BCUT2D eigenvalue weighted by atomic mass is 16.5. The van der Waals surface area contributed by atoms with E-state index in [4.69, 9.17) is 9.94 Å². The molecule has 0 radical (unpaired) electrons. The van der Waals surface area contributed by atoms with Crippen molar-refractivity contribution in [3.63, 3.8) is 0 Å². The molecule has 0 amide bonds. The Bertz CT molecular complexity index is 372. The Labute approximate surface area is 83.0 Å². The first kappa shape index (κ1) is 9.06. The molecule has 1 N–H and O–H groups in total. The molecular weight excluding hydrogens is 178 g/mol. The largest absolute Gasteiger partial charge is 0.497 e. The number of rotatable bonds is 1. The van der Waals surface area contributed by atoms with Crippen LogP contribution in [-0.4, -0.2) is 18.0 Å². The summed E-state index contributed by atoms with van der Waals surface area (Å²) in [5.41, 5.74) is 3.05. The maximum absolute atomic E-state index is 8.82. The van der Waals surface area contributed by atoms with Crippen LogP contribution in [0.4, 0.5) is 0 Å². The van der Waals surface area contributed by atoms with Crippen molar-refractivity contribution in [1.29, 1.82) is 0 Å². The quantitative estimate of drug-likeness (QED) is 0.546. The Kier molecular flexibility index (Phi) is 2.39. The molecule has 0 spiro atoms. The number of methoxy groups -OCH3 is 1. The molecule has 1 aliphatic carbocycles. The summed E-state index contributed by atoms with van der Waals surface area (Å²) in [6.07, 6.45) is 2.93. The van der Waals surface area contributed by atoms with Crippen LogP contribution in [0.15, 0.2) is 23.4 Å². The third-order valence-electron chi connectivity index (χ3n) is 2.60. The topological polar surface area (TPSA) is 41.8 Å². The van der Waals surface area contributed by atoms with Gasteiger partial charge in [-0.1, -0.05) is 5.16 Å². The van der Waals surface area contributed by atoms with Crippen molar-refractivity contribution < 1.29 is 9.94 Å². The van der Waals surface area contributed by atoms with Crippen LogP contribution in [0.25, 0.3) is 0 Å². The van der Waals surface area contributed by atoms with Crippen molar-refractivity contribution in [2.75, 3.05) is 7.11 Å². The lowest BCUT2D eigenvalue weighted by molar-refractivity contribution is 0.317. The maximum Gasteiger partial charge on any atom is 0.119 e. The summed E-state index contributed by atoms with van der Waals surface area (Å²) in [6.45, 7) is 0. The zero-order valence-corrected chi connectivity index (χ0v) is 8.16. The first-order chi connectivity index (χ1) is 6.85. The van der Waals surface area contributed by atoms with E-state index in [2.05, 4.69) is 5.16 Å². The SMILES string of the molecule is COc1ccc2c(c1)CCC/C2=N/O. The maximum atomic E-state index is 8.82. The molecule has 0 saturated heterocycles. The summed E-state index contributed by atoms with van der Waals surface area (Å²) in [4.78, 5) is 0. The van der Waals surface area contributed by atoms with Crippen LogP contribution in [-0.2, 0) is 6.42 Å². The molecule has 0 unspecified atom stereocenters. The lowest BCUT2D eigenvalue weighted by Crippen LogP contribution is -2.11. The van der Waals surface area contributed by atoms with Gasteiger partial charge in [0.05, 0.1) is 12.8 Å². The number of aryl methyl sites for hydroxylation is 1. The van der Waals surface area contributed by atoms with Crippen LogP contribution in [0.1, 0.15) is 24.0 Å². The lowest BCUT2D eigenvalue weighted by Gasteiger charge is -2.17. The third kappa shape index (κ3) is 1.45. The van der Waals surface area contributed by atoms with Crippen molar-refractivity contribution in [2.24, 2.45) is 5.16 Å². The van der Waals surface area contributed by atoms with E-state index in [1.165, 1.54) is 5.56 Å². The number of nitrogens with zero attached hydrogens (tertiary/aromatic N) is 1. The summed E-state index contributed by atoms with van der Waals surface area (Å²) in [5.74, 6) is 0.864. The van der Waals surface area contributed by atoms with Crippen molar-refractivity contribution >= 4 is 5.71 Å². The normalized spacial score (nSPS) is 17.9. The second-order valence-electron chi connectivity index (χ2n) is 3.42. The van der Waals surface area contributed by atoms with E-state index in [0.29, 0.717) is 0 Å². The Balaban J connectivity index is 2.46. The zero-order chi connectivity index (χ0) is 9.97. The van der Waals surface area contributed by atoms with E-state index in [-0.39, 0.29) is 0 Å². The fourth-order valence-electron chi connectivity index (χ4n) is 1.87. The van der Waals surface area contributed by atoms with E-state index >= 15 is 0 Å². The predicted molar refractivity (Wildman–Crippen MR) is 54.3 cm³/mol. The monoisotopic (exact) mass is 191 g/mol. The third-order valence-corrected chi connectivity index (χ3v) is 2.60. The number of benzene rings is 1. The number of oxime groups is 1. The van der Waals surface area contributed by atoms with Gasteiger partial charge in [-0.15, -0.1) is 0 Å². The second-order valence-corrected chi connectivity index (χ2v) is 3.42. The van der Waals surface area contributed by atoms with Gasteiger partial charge in [0, 0.05) is 5.56 Å². The Hall–Kier alpha value is -1.51. The molecule has 2 rings (SSSR count). The van der Waals surface area contributed by atoms with Gasteiger partial charge in [-0.05, 0) is 43.0 Å². The Morgan fingerprint density at radius 3 is 2.93 bits per heavy atom. The molecule has 0 fully saturated rings. The van der Waals surface area contributed by atoms with Gasteiger partial charge in [-0.25, -0.2) is 0 Å². The van der Waals surface area contributed by atoms with Gasteiger partial charge < -0.3 is 9.94 Å². The summed E-state index contributed by atoms with van der Waals surface area (Å²) in [5, 5.41) is 12.1. The lowest BCUT2D eigenvalue weighted by atomic mass is 9.90. The van der Waals surface area contributed by atoms with Crippen molar-refractivity contribution in [1.82, 2.24) is 0 Å². The van der Waals surface area contributed by atoms with Gasteiger partial charge in [0.25, 0.3) is 0 Å². The molecular formula is C11H13NO2. The van der Waals surface area contributed by atoms with Gasteiger partial charge in [-0.3, -0.25) is 0 Å². The predicted octanol–water partition coefficient (Wildman–Crippen LogP) is 2.21. The minimum Gasteiger partial charge on any atom is -0.497 e. The first-order valence-corrected chi connectivity index (χ1v) is 4.73. The molecule has 1 aromatic rings. The van der Waals surface area contributed by atoms with E-state index in [9.17, 15) is 0 Å². The summed E-state index contributed by atoms with van der Waals surface area (Å²) >= 11 is 0. The number of ether oxygens (including phenoxy) is 1. The van der Waals surface area contributed by atoms with Crippen LogP contribution in [0.3, 0.4) is 0 Å². The van der Waals surface area contributed by atoms with Gasteiger partial charge in [0.1, 0.15) is 5.75 Å². The summed E-state index contributed by atoms with van der Waals surface area (Å²) in [7, 11) is 1.66. The van der Waals surface area contributed by atoms with Crippen LogP contribution in [0, 0.1) is 0 Å². The Morgan fingerprint density at radius 2 is 2.21 bits per heavy atom.